The van der Waals surface area contributed by atoms with Crippen molar-refractivity contribution in [2.45, 2.75) is 0 Å². The molecule has 7 nitrogen and oxygen atoms in total. The van der Waals surface area contributed by atoms with Gasteiger partial charge in [0.2, 0.25) is 0 Å². The summed E-state index contributed by atoms with van der Waals surface area (Å²) in [6, 6.07) is 11.9. The van der Waals surface area contributed by atoms with Gasteiger partial charge in [-0.05, 0) is 42.0 Å². The first-order valence-corrected chi connectivity index (χ1v) is 7.18. The van der Waals surface area contributed by atoms with Gasteiger partial charge in [-0.15, -0.1) is 0 Å². The van der Waals surface area contributed by atoms with Gasteiger partial charge in [-0.2, -0.15) is 5.10 Å². The number of hydrogen-bond donors (Lipinski definition) is 2. The second kappa shape index (κ2) is 9.02. The summed E-state index contributed by atoms with van der Waals surface area (Å²) in [5.41, 5.74) is 2.95. The molecule has 0 aliphatic rings. The minimum Gasteiger partial charge on any atom is -0.484 e. The lowest BCUT2D eigenvalue weighted by Gasteiger charge is -2.05. The summed E-state index contributed by atoms with van der Waals surface area (Å²) in [7, 11) is 0. The van der Waals surface area contributed by atoms with E-state index in [0.29, 0.717) is 11.3 Å². The van der Waals surface area contributed by atoms with E-state index in [9.17, 15) is 14.0 Å². The number of amides is 1. The molecule has 0 aromatic heterocycles. The fourth-order valence-corrected chi connectivity index (χ4v) is 1.71. The van der Waals surface area contributed by atoms with Crippen molar-refractivity contribution in [1.29, 1.82) is 0 Å². The molecule has 2 aromatic carbocycles. The number of ether oxygens (including phenoxy) is 2. The molecular formula is C17H15FN2O5. The molecule has 0 fully saturated rings. The first-order valence-electron chi connectivity index (χ1n) is 7.18. The fourth-order valence-electron chi connectivity index (χ4n) is 1.71. The summed E-state index contributed by atoms with van der Waals surface area (Å²) >= 11 is 0. The molecular weight excluding hydrogens is 331 g/mol. The second-order valence-corrected chi connectivity index (χ2v) is 4.79. The number of carbonyl (C=O) groups is 2. The van der Waals surface area contributed by atoms with Crippen LogP contribution in [0.1, 0.15) is 5.56 Å². The summed E-state index contributed by atoms with van der Waals surface area (Å²) in [5.74, 6) is -1.36. The van der Waals surface area contributed by atoms with Gasteiger partial charge < -0.3 is 14.6 Å². The van der Waals surface area contributed by atoms with Gasteiger partial charge in [0, 0.05) is 6.07 Å². The van der Waals surface area contributed by atoms with Gasteiger partial charge in [0.25, 0.3) is 5.91 Å². The predicted octanol–water partition coefficient (Wildman–Crippen LogP) is 1.82. The second-order valence-electron chi connectivity index (χ2n) is 4.79. The van der Waals surface area contributed by atoms with Gasteiger partial charge in [-0.25, -0.2) is 14.6 Å². The molecule has 2 N–H and O–H groups in total. The third-order valence-corrected chi connectivity index (χ3v) is 2.81. The number of nitrogens with zero attached hydrogens (tertiary/aromatic N) is 1. The van der Waals surface area contributed by atoms with E-state index in [-0.39, 0.29) is 12.4 Å². The number of benzene rings is 2. The zero-order valence-corrected chi connectivity index (χ0v) is 13.0. The summed E-state index contributed by atoms with van der Waals surface area (Å²) < 4.78 is 23.1. The van der Waals surface area contributed by atoms with E-state index in [4.69, 9.17) is 14.6 Å². The highest BCUT2D eigenvalue weighted by atomic mass is 19.1. The average Bonchev–Trinajstić information content (AvgIpc) is 2.59. The quantitative estimate of drug-likeness (QED) is 0.561. The number of hydrazone groups is 1. The van der Waals surface area contributed by atoms with Crippen LogP contribution in [0.2, 0.25) is 0 Å². The van der Waals surface area contributed by atoms with Crippen LogP contribution < -0.4 is 14.9 Å². The molecule has 0 radical (unpaired) electrons. The van der Waals surface area contributed by atoms with E-state index in [1.807, 2.05) is 0 Å². The summed E-state index contributed by atoms with van der Waals surface area (Å²) in [5, 5.41) is 12.3. The van der Waals surface area contributed by atoms with Crippen LogP contribution in [0.25, 0.3) is 0 Å². The first-order chi connectivity index (χ1) is 12.0. The molecule has 0 spiro atoms. The van der Waals surface area contributed by atoms with Crippen molar-refractivity contribution in [2.24, 2.45) is 5.10 Å². The summed E-state index contributed by atoms with van der Waals surface area (Å²) in [6.45, 7) is -0.725. The van der Waals surface area contributed by atoms with Gasteiger partial charge >= 0.3 is 5.97 Å². The number of aliphatic carboxylic acids is 1. The van der Waals surface area contributed by atoms with E-state index < -0.39 is 24.3 Å². The Kier molecular flexibility index (Phi) is 6.47. The molecule has 130 valence electrons. The van der Waals surface area contributed by atoms with E-state index in [1.54, 1.807) is 24.3 Å². The number of carbonyl (C=O) groups excluding carboxylic acids is 1. The zero-order valence-electron chi connectivity index (χ0n) is 13.0. The number of hydrogen-bond acceptors (Lipinski definition) is 5. The molecule has 0 aliphatic heterocycles. The van der Waals surface area contributed by atoms with Crippen LogP contribution in [0.3, 0.4) is 0 Å². The minimum atomic E-state index is -1.06. The van der Waals surface area contributed by atoms with Crippen molar-refractivity contribution in [3.63, 3.8) is 0 Å². The van der Waals surface area contributed by atoms with E-state index >= 15 is 0 Å². The van der Waals surface area contributed by atoms with Gasteiger partial charge in [-0.1, -0.05) is 6.07 Å². The normalized spacial score (nSPS) is 10.4. The Morgan fingerprint density at radius 2 is 1.80 bits per heavy atom. The molecule has 0 heterocycles. The third-order valence-electron chi connectivity index (χ3n) is 2.81. The Bertz CT molecular complexity index is 762. The van der Waals surface area contributed by atoms with Crippen molar-refractivity contribution in [3.05, 3.63) is 59.9 Å². The lowest BCUT2D eigenvalue weighted by Crippen LogP contribution is -2.24. The van der Waals surface area contributed by atoms with Crippen LogP contribution in [-0.2, 0) is 9.59 Å². The molecule has 0 bridgehead atoms. The Balaban J connectivity index is 1.76. The van der Waals surface area contributed by atoms with Crippen molar-refractivity contribution < 1.29 is 28.6 Å². The smallest absolute Gasteiger partial charge is 0.341 e. The van der Waals surface area contributed by atoms with E-state index in [2.05, 4.69) is 10.5 Å². The van der Waals surface area contributed by atoms with E-state index in [0.717, 1.165) is 0 Å². The predicted molar refractivity (Wildman–Crippen MR) is 87.2 cm³/mol. The first kappa shape index (κ1) is 17.9. The number of nitrogens with one attached hydrogen (secondary N) is 1. The summed E-state index contributed by atoms with van der Waals surface area (Å²) in [6.07, 6.45) is 1.40. The van der Waals surface area contributed by atoms with Crippen molar-refractivity contribution in [1.82, 2.24) is 5.43 Å². The Morgan fingerprint density at radius 1 is 1.08 bits per heavy atom. The van der Waals surface area contributed by atoms with Gasteiger partial charge in [-0.3, -0.25) is 4.79 Å². The molecule has 0 atom stereocenters. The average molecular weight is 346 g/mol. The van der Waals surface area contributed by atoms with Crippen molar-refractivity contribution >= 4 is 18.1 Å². The Labute approximate surface area is 142 Å². The maximum atomic E-state index is 13.0. The lowest BCUT2D eigenvalue weighted by molar-refractivity contribution is -0.139. The van der Waals surface area contributed by atoms with Crippen LogP contribution in [0.15, 0.2) is 53.6 Å². The molecule has 0 aliphatic carbocycles. The molecule has 0 unspecified atom stereocenters. The van der Waals surface area contributed by atoms with Crippen LogP contribution >= 0.6 is 0 Å². The monoisotopic (exact) mass is 346 g/mol. The molecule has 2 rings (SSSR count). The van der Waals surface area contributed by atoms with Crippen molar-refractivity contribution in [3.8, 4) is 11.5 Å². The largest absolute Gasteiger partial charge is 0.484 e. The number of carboxylic acids is 1. The maximum Gasteiger partial charge on any atom is 0.341 e. The molecule has 8 heteroatoms. The minimum absolute atomic E-state index is 0.246. The van der Waals surface area contributed by atoms with Crippen LogP contribution in [0.5, 0.6) is 11.5 Å². The highest BCUT2D eigenvalue weighted by Crippen LogP contribution is 2.12. The van der Waals surface area contributed by atoms with E-state index in [1.165, 1.54) is 30.5 Å². The fraction of sp³-hybridized carbons (Fsp3) is 0.118. The van der Waals surface area contributed by atoms with Gasteiger partial charge in [0.05, 0.1) is 6.21 Å². The third kappa shape index (κ3) is 6.69. The highest BCUT2D eigenvalue weighted by molar-refractivity contribution is 5.83. The van der Waals surface area contributed by atoms with Gasteiger partial charge in [0.15, 0.2) is 13.2 Å². The molecule has 2 aromatic rings. The Morgan fingerprint density at radius 3 is 2.48 bits per heavy atom. The molecule has 0 saturated heterocycles. The lowest BCUT2D eigenvalue weighted by atomic mass is 10.2. The SMILES string of the molecule is O=C(O)COc1ccc(/C=N\NC(=O)COc2cccc(F)c2)cc1. The number of carboxylic acid groups (broad SMARTS) is 1. The standard InChI is InChI=1S/C17H15FN2O5/c18-13-2-1-3-15(8-13)24-10-16(21)20-19-9-12-4-6-14(7-5-12)25-11-17(22)23/h1-9H,10-11H2,(H,20,21)(H,22,23)/b19-9-. The molecule has 1 amide bonds. The Hall–Kier alpha value is -3.42. The molecule has 0 saturated carbocycles. The number of rotatable bonds is 8. The van der Waals surface area contributed by atoms with Crippen LogP contribution in [0.4, 0.5) is 4.39 Å². The topological polar surface area (TPSA) is 97.2 Å². The van der Waals surface area contributed by atoms with Crippen molar-refractivity contribution in [2.75, 3.05) is 13.2 Å². The summed E-state index contributed by atoms with van der Waals surface area (Å²) in [4.78, 5) is 22.0. The molecule has 25 heavy (non-hydrogen) atoms. The van der Waals surface area contributed by atoms with Crippen LogP contribution in [0, 0.1) is 5.82 Å². The maximum absolute atomic E-state index is 13.0. The zero-order chi connectivity index (χ0) is 18.1. The van der Waals surface area contributed by atoms with Gasteiger partial charge in [0.1, 0.15) is 17.3 Å². The number of halogens is 1. The highest BCUT2D eigenvalue weighted by Gasteiger charge is 2.02. The van der Waals surface area contributed by atoms with Crippen LogP contribution in [-0.4, -0.2) is 36.4 Å².